The Hall–Kier alpha value is -1.28. The van der Waals surface area contributed by atoms with Crippen LogP contribution in [0.3, 0.4) is 0 Å². The summed E-state index contributed by atoms with van der Waals surface area (Å²) >= 11 is 1.54. The number of aromatic amines is 1. The molecule has 0 unspecified atom stereocenters. The van der Waals surface area contributed by atoms with Gasteiger partial charge >= 0.3 is 0 Å². The molecule has 0 spiro atoms. The van der Waals surface area contributed by atoms with Crippen molar-refractivity contribution in [2.24, 2.45) is 5.41 Å². The number of nitrogens with zero attached hydrogens (tertiary/aromatic N) is 2. The summed E-state index contributed by atoms with van der Waals surface area (Å²) in [5.41, 5.74) is -0.350. The topological polar surface area (TPSA) is 69.5 Å². The third-order valence-corrected chi connectivity index (χ3v) is 3.36. The highest BCUT2D eigenvalue weighted by Gasteiger charge is 2.15. The fourth-order valence-electron chi connectivity index (χ4n) is 1.32. The molecule has 0 aromatic carbocycles. The summed E-state index contributed by atoms with van der Waals surface area (Å²) in [6.45, 7) is 3.91. The van der Waals surface area contributed by atoms with Gasteiger partial charge < -0.3 is 4.98 Å². The Morgan fingerprint density at radius 2 is 2.29 bits per heavy atom. The summed E-state index contributed by atoms with van der Waals surface area (Å²) in [6, 6.07) is 3.69. The maximum atomic E-state index is 11.0. The number of nitriles is 1. The van der Waals surface area contributed by atoms with Gasteiger partial charge in [-0.15, -0.1) is 0 Å². The number of aromatic nitrogens is 2. The van der Waals surface area contributed by atoms with Crippen LogP contribution in [0.4, 0.5) is 0 Å². The van der Waals surface area contributed by atoms with Crippen molar-refractivity contribution in [1.29, 1.82) is 5.26 Å². The molecular formula is C12H17N3OS. The normalized spacial score (nSPS) is 11.1. The molecule has 0 saturated heterocycles. The Balaban J connectivity index is 2.22. The minimum Gasteiger partial charge on any atom is -0.301 e. The standard InChI is InChI=1S/C12H17N3OS/c1-12(2,9-13)6-3-4-8-17-11-14-7-5-10(16)15-11/h5,7H,3-4,6,8H2,1-2H3,(H,14,15,16). The van der Waals surface area contributed by atoms with Crippen molar-refractivity contribution in [3.8, 4) is 6.07 Å². The third-order valence-electron chi connectivity index (χ3n) is 2.39. The van der Waals surface area contributed by atoms with Crippen molar-refractivity contribution in [3.63, 3.8) is 0 Å². The van der Waals surface area contributed by atoms with E-state index in [4.69, 9.17) is 5.26 Å². The highest BCUT2D eigenvalue weighted by Crippen LogP contribution is 2.23. The Bertz CT molecular complexity index is 448. The molecule has 1 rings (SSSR count). The van der Waals surface area contributed by atoms with Crippen molar-refractivity contribution in [3.05, 3.63) is 22.6 Å². The second-order valence-corrected chi connectivity index (χ2v) is 5.62. The Kier molecular flexibility index (Phi) is 5.23. The zero-order valence-corrected chi connectivity index (χ0v) is 11.0. The monoisotopic (exact) mass is 251 g/mol. The average molecular weight is 251 g/mol. The van der Waals surface area contributed by atoms with Crippen LogP contribution in [-0.2, 0) is 0 Å². The molecule has 0 bridgehead atoms. The van der Waals surface area contributed by atoms with E-state index in [9.17, 15) is 4.79 Å². The van der Waals surface area contributed by atoms with Crippen LogP contribution >= 0.6 is 11.8 Å². The molecule has 1 heterocycles. The minimum atomic E-state index is -0.232. The van der Waals surface area contributed by atoms with E-state index in [1.54, 1.807) is 11.8 Å². The summed E-state index contributed by atoms with van der Waals surface area (Å²) in [5, 5.41) is 9.52. The van der Waals surface area contributed by atoms with E-state index in [2.05, 4.69) is 16.0 Å². The lowest BCUT2D eigenvalue weighted by Crippen LogP contribution is -2.07. The van der Waals surface area contributed by atoms with Crippen LogP contribution in [-0.4, -0.2) is 15.7 Å². The predicted octanol–water partition coefficient (Wildman–Crippen LogP) is 2.58. The van der Waals surface area contributed by atoms with Gasteiger partial charge in [0.1, 0.15) is 0 Å². The first kappa shape index (κ1) is 13.8. The minimum absolute atomic E-state index is 0.117. The van der Waals surface area contributed by atoms with E-state index >= 15 is 0 Å². The van der Waals surface area contributed by atoms with Crippen molar-refractivity contribution in [1.82, 2.24) is 9.97 Å². The number of nitrogens with one attached hydrogen (secondary N) is 1. The van der Waals surface area contributed by atoms with Gasteiger partial charge in [-0.25, -0.2) is 4.98 Å². The molecule has 92 valence electrons. The highest BCUT2D eigenvalue weighted by molar-refractivity contribution is 7.99. The van der Waals surface area contributed by atoms with E-state index < -0.39 is 0 Å². The van der Waals surface area contributed by atoms with Crippen LogP contribution in [0.2, 0.25) is 0 Å². The van der Waals surface area contributed by atoms with Gasteiger partial charge in [-0.2, -0.15) is 5.26 Å². The van der Waals surface area contributed by atoms with Crippen LogP contribution in [0, 0.1) is 16.7 Å². The molecule has 1 aromatic rings. The molecule has 1 aromatic heterocycles. The van der Waals surface area contributed by atoms with Crippen LogP contribution < -0.4 is 5.56 Å². The molecule has 0 saturated carbocycles. The number of H-pyrrole nitrogens is 1. The van der Waals surface area contributed by atoms with Gasteiger partial charge in [-0.05, 0) is 26.7 Å². The molecule has 17 heavy (non-hydrogen) atoms. The van der Waals surface area contributed by atoms with E-state index in [1.165, 1.54) is 12.3 Å². The summed E-state index contributed by atoms with van der Waals surface area (Å²) in [7, 11) is 0. The fraction of sp³-hybridized carbons (Fsp3) is 0.583. The fourth-order valence-corrected chi connectivity index (χ4v) is 2.17. The summed E-state index contributed by atoms with van der Waals surface area (Å²) in [5.74, 6) is 0.911. The van der Waals surface area contributed by atoms with Gasteiger partial charge in [0.15, 0.2) is 5.16 Å². The lowest BCUT2D eigenvalue weighted by molar-refractivity contribution is 0.433. The number of hydrogen-bond acceptors (Lipinski definition) is 4. The summed E-state index contributed by atoms with van der Waals surface area (Å²) < 4.78 is 0. The molecular weight excluding hydrogens is 234 g/mol. The SMILES string of the molecule is CC(C)(C#N)CCCCSc1nccc(=O)[nH]1. The lowest BCUT2D eigenvalue weighted by atomic mass is 9.89. The molecule has 4 nitrogen and oxygen atoms in total. The van der Waals surface area contributed by atoms with Gasteiger partial charge in [0.05, 0.1) is 11.5 Å². The van der Waals surface area contributed by atoms with Gasteiger partial charge in [-0.3, -0.25) is 4.79 Å². The number of thioether (sulfide) groups is 1. The largest absolute Gasteiger partial charge is 0.301 e. The van der Waals surface area contributed by atoms with E-state index in [0.29, 0.717) is 5.16 Å². The molecule has 5 heteroatoms. The van der Waals surface area contributed by atoms with Crippen molar-refractivity contribution in [2.45, 2.75) is 38.3 Å². The molecule has 0 aliphatic carbocycles. The molecule has 0 amide bonds. The van der Waals surface area contributed by atoms with E-state index in [0.717, 1.165) is 25.0 Å². The first-order valence-electron chi connectivity index (χ1n) is 5.63. The molecule has 0 fully saturated rings. The van der Waals surface area contributed by atoms with Crippen LogP contribution in [0.1, 0.15) is 33.1 Å². The second kappa shape index (κ2) is 6.45. The lowest BCUT2D eigenvalue weighted by Gasteiger charge is -2.13. The number of hydrogen-bond donors (Lipinski definition) is 1. The molecule has 0 radical (unpaired) electrons. The van der Waals surface area contributed by atoms with Gasteiger partial charge in [0.2, 0.25) is 0 Å². The van der Waals surface area contributed by atoms with Crippen LogP contribution in [0.5, 0.6) is 0 Å². The van der Waals surface area contributed by atoms with Gasteiger partial charge in [-0.1, -0.05) is 18.2 Å². The van der Waals surface area contributed by atoms with Crippen LogP contribution in [0.15, 0.2) is 22.2 Å². The summed E-state index contributed by atoms with van der Waals surface area (Å²) in [6.07, 6.45) is 4.46. The molecule has 0 aliphatic heterocycles. The van der Waals surface area contributed by atoms with Crippen molar-refractivity contribution >= 4 is 11.8 Å². The Labute approximate surface area is 105 Å². The quantitative estimate of drug-likeness (QED) is 0.479. The Morgan fingerprint density at radius 1 is 1.53 bits per heavy atom. The molecule has 1 N–H and O–H groups in total. The maximum Gasteiger partial charge on any atom is 0.251 e. The number of unbranched alkanes of at least 4 members (excludes halogenated alkanes) is 1. The first-order valence-corrected chi connectivity index (χ1v) is 6.61. The average Bonchev–Trinajstić information content (AvgIpc) is 2.29. The zero-order valence-electron chi connectivity index (χ0n) is 10.2. The number of rotatable bonds is 6. The maximum absolute atomic E-state index is 11.0. The van der Waals surface area contributed by atoms with E-state index in [-0.39, 0.29) is 11.0 Å². The third kappa shape index (κ3) is 5.55. The van der Waals surface area contributed by atoms with Crippen LogP contribution in [0.25, 0.3) is 0 Å². The smallest absolute Gasteiger partial charge is 0.251 e. The second-order valence-electron chi connectivity index (χ2n) is 4.54. The first-order chi connectivity index (χ1) is 8.03. The molecule has 0 aliphatic rings. The molecule has 0 atom stereocenters. The summed E-state index contributed by atoms with van der Waals surface area (Å²) in [4.78, 5) is 17.7. The highest BCUT2D eigenvalue weighted by atomic mass is 32.2. The van der Waals surface area contributed by atoms with Crippen molar-refractivity contribution < 1.29 is 0 Å². The predicted molar refractivity (Wildman–Crippen MR) is 68.8 cm³/mol. The van der Waals surface area contributed by atoms with Gasteiger partial charge in [0.25, 0.3) is 5.56 Å². The Morgan fingerprint density at radius 3 is 2.94 bits per heavy atom. The van der Waals surface area contributed by atoms with Crippen molar-refractivity contribution in [2.75, 3.05) is 5.75 Å². The zero-order chi connectivity index (χ0) is 12.7. The van der Waals surface area contributed by atoms with Gasteiger partial charge in [0, 0.05) is 18.0 Å². The van der Waals surface area contributed by atoms with E-state index in [1.807, 2.05) is 13.8 Å².